The van der Waals surface area contributed by atoms with Crippen molar-refractivity contribution >= 4 is 47.3 Å². The minimum atomic E-state index is -1.37. The zero-order valence-corrected chi connectivity index (χ0v) is 37.2. The minimum absolute atomic E-state index is 0.0592. The Morgan fingerprint density at radius 1 is 0.531 bits per heavy atom. The molecule has 4 fully saturated rings. The zero-order chi connectivity index (χ0) is 46.4. The summed E-state index contributed by atoms with van der Waals surface area (Å²) in [5.74, 6) is -1.54. The van der Waals surface area contributed by atoms with E-state index in [0.717, 1.165) is 57.4 Å². The van der Waals surface area contributed by atoms with Gasteiger partial charge in [-0.25, -0.2) is 28.3 Å². The third kappa shape index (κ3) is 8.55. The van der Waals surface area contributed by atoms with Crippen molar-refractivity contribution < 1.29 is 37.5 Å². The van der Waals surface area contributed by atoms with Crippen LogP contribution in [-0.2, 0) is 20.7 Å². The van der Waals surface area contributed by atoms with E-state index in [1.54, 1.807) is 9.80 Å². The predicted octanol–water partition coefficient (Wildman–Crippen LogP) is 4.33. The Balaban J connectivity index is 0.000000191. The molecule has 16 nitrogen and oxygen atoms in total. The predicted molar refractivity (Wildman–Crippen MR) is 234 cm³/mol. The van der Waals surface area contributed by atoms with Crippen LogP contribution in [0.1, 0.15) is 79.3 Å². The lowest BCUT2D eigenvalue weighted by molar-refractivity contribution is -0.124. The molecule has 4 saturated heterocycles. The molecule has 2 aromatic heterocycles. The highest BCUT2D eigenvalue weighted by atomic mass is 19.1. The van der Waals surface area contributed by atoms with E-state index in [0.29, 0.717) is 52.4 Å². The van der Waals surface area contributed by atoms with E-state index in [4.69, 9.17) is 9.97 Å². The molecule has 8 rings (SSSR count). The van der Waals surface area contributed by atoms with Gasteiger partial charge in [0.1, 0.15) is 34.3 Å². The molecule has 0 saturated carbocycles. The third-order valence-corrected chi connectivity index (χ3v) is 12.6. The number of carbonyl (C=O) groups is 6. The summed E-state index contributed by atoms with van der Waals surface area (Å²) in [4.78, 5) is 90.0. The van der Waals surface area contributed by atoms with Gasteiger partial charge in [-0.05, 0) is 113 Å². The normalized spacial score (nSPS) is 20.9. The van der Waals surface area contributed by atoms with Crippen LogP contribution in [0.5, 0.6) is 0 Å². The summed E-state index contributed by atoms with van der Waals surface area (Å²) in [6.45, 7) is 19.3. The standard InChI is InChI=1S/2C23H26FN5O3/c2*1-13-11-14(2)19(25-15(13)3)28-7-9-29(10-8-28)20(30)17-6-5-16(12-18(17)24)23(4)21(31)26-22(32)27-23/h2*5-6,11-12H,7-10H2,1-4H3,(H2,26,27,31,32)/t2*23-/m10/s1. The second-order valence-electron chi connectivity index (χ2n) is 17.1. The summed E-state index contributed by atoms with van der Waals surface area (Å²) in [6, 6.07) is 11.0. The van der Waals surface area contributed by atoms with Crippen molar-refractivity contribution in [3.63, 3.8) is 0 Å². The van der Waals surface area contributed by atoms with Crippen LogP contribution in [-0.4, -0.2) is 108 Å². The Morgan fingerprint density at radius 2 is 0.875 bits per heavy atom. The van der Waals surface area contributed by atoms with E-state index in [1.165, 1.54) is 38.1 Å². The van der Waals surface area contributed by atoms with Gasteiger partial charge in [-0.2, -0.15) is 0 Å². The van der Waals surface area contributed by atoms with E-state index >= 15 is 0 Å². The fourth-order valence-electron chi connectivity index (χ4n) is 8.37. The van der Waals surface area contributed by atoms with Gasteiger partial charge in [0, 0.05) is 63.7 Å². The van der Waals surface area contributed by atoms with Gasteiger partial charge < -0.3 is 30.2 Å². The minimum Gasteiger partial charge on any atom is -0.353 e. The summed E-state index contributed by atoms with van der Waals surface area (Å²) >= 11 is 0. The quantitative estimate of drug-likeness (QED) is 0.203. The van der Waals surface area contributed by atoms with E-state index in [-0.39, 0.29) is 22.3 Å². The van der Waals surface area contributed by atoms with Crippen LogP contribution in [0.25, 0.3) is 0 Å². The molecule has 0 spiro atoms. The van der Waals surface area contributed by atoms with E-state index in [2.05, 4.69) is 43.2 Å². The number of imide groups is 2. The van der Waals surface area contributed by atoms with E-state index < -0.39 is 58.4 Å². The summed E-state index contributed by atoms with van der Waals surface area (Å²) in [5, 5.41) is 9.28. The number of pyridine rings is 2. The number of nitrogens with one attached hydrogen (secondary N) is 4. The van der Waals surface area contributed by atoms with Crippen molar-refractivity contribution in [2.24, 2.45) is 0 Å². The second-order valence-corrected chi connectivity index (χ2v) is 17.1. The average molecular weight is 879 g/mol. The number of amides is 8. The van der Waals surface area contributed by atoms with Crippen LogP contribution in [0, 0.1) is 53.2 Å². The molecule has 336 valence electrons. The number of piperazine rings is 2. The summed E-state index contributed by atoms with van der Waals surface area (Å²) in [6.07, 6.45) is 0. The molecule has 4 aliphatic heterocycles. The van der Waals surface area contributed by atoms with Crippen molar-refractivity contribution in [3.05, 3.63) is 116 Å². The maximum atomic E-state index is 14.9. The molecule has 4 aromatic rings. The highest BCUT2D eigenvalue weighted by Crippen LogP contribution is 2.29. The van der Waals surface area contributed by atoms with Crippen LogP contribution in [0.4, 0.5) is 30.0 Å². The fourth-order valence-corrected chi connectivity index (χ4v) is 8.37. The monoisotopic (exact) mass is 878 g/mol. The number of aromatic nitrogens is 2. The lowest BCUT2D eigenvalue weighted by atomic mass is 9.91. The largest absolute Gasteiger partial charge is 0.353 e. The molecule has 4 N–H and O–H groups in total. The summed E-state index contributed by atoms with van der Waals surface area (Å²) in [7, 11) is 0. The summed E-state index contributed by atoms with van der Waals surface area (Å²) < 4.78 is 29.7. The molecule has 0 aliphatic carbocycles. The van der Waals surface area contributed by atoms with E-state index in [1.807, 2.05) is 41.5 Å². The number of anilines is 2. The smallest absolute Gasteiger partial charge is 0.322 e. The molecule has 2 aromatic carbocycles. The Hall–Kier alpha value is -6.98. The molecule has 6 heterocycles. The Kier molecular flexibility index (Phi) is 12.2. The van der Waals surface area contributed by atoms with Crippen LogP contribution >= 0.6 is 0 Å². The van der Waals surface area contributed by atoms with Gasteiger partial charge in [0.25, 0.3) is 23.6 Å². The first-order valence-corrected chi connectivity index (χ1v) is 21.1. The number of carbonyl (C=O) groups excluding carboxylic acids is 6. The second kappa shape index (κ2) is 17.3. The maximum Gasteiger partial charge on any atom is 0.322 e. The van der Waals surface area contributed by atoms with Gasteiger partial charge in [0.2, 0.25) is 0 Å². The number of hydrogen-bond donors (Lipinski definition) is 4. The molecule has 18 heteroatoms. The third-order valence-electron chi connectivity index (χ3n) is 12.6. The van der Waals surface area contributed by atoms with Crippen molar-refractivity contribution in [2.75, 3.05) is 62.2 Å². The van der Waals surface area contributed by atoms with Crippen molar-refractivity contribution in [1.82, 2.24) is 41.0 Å². The van der Waals surface area contributed by atoms with Crippen molar-refractivity contribution in [1.29, 1.82) is 0 Å². The van der Waals surface area contributed by atoms with Crippen LogP contribution in [0.15, 0.2) is 48.5 Å². The average Bonchev–Trinajstić information content (AvgIpc) is 3.69. The Morgan fingerprint density at radius 3 is 1.17 bits per heavy atom. The lowest BCUT2D eigenvalue weighted by Gasteiger charge is -2.36. The van der Waals surface area contributed by atoms with Crippen molar-refractivity contribution in [2.45, 2.75) is 66.5 Å². The van der Waals surface area contributed by atoms with Gasteiger partial charge in [-0.1, -0.05) is 24.3 Å². The van der Waals surface area contributed by atoms with Crippen LogP contribution < -0.4 is 31.1 Å². The molecule has 2 atom stereocenters. The Bertz CT molecular complexity index is 2430. The van der Waals surface area contributed by atoms with Gasteiger partial charge >= 0.3 is 12.1 Å². The molecule has 0 radical (unpaired) electrons. The van der Waals surface area contributed by atoms with Gasteiger partial charge in [0.15, 0.2) is 0 Å². The highest BCUT2D eigenvalue weighted by Gasteiger charge is 2.45. The molecule has 0 bridgehead atoms. The highest BCUT2D eigenvalue weighted by molar-refractivity contribution is 6.08. The molecule has 0 unspecified atom stereocenters. The van der Waals surface area contributed by atoms with Crippen LogP contribution in [0.2, 0.25) is 0 Å². The SMILES string of the molecule is Cc1cc(C)c(N2CCN(C(=O)c3ccc([C@@]4(C)NC(=O)NC4=O)cc3F)CC2)nc1C.Cc1cc(C)c(N2CCN(C(=O)c3ccc([C@]4(C)NC(=O)NC4=O)cc3F)CC2)nc1C. The molecular weight excluding hydrogens is 827 g/mol. The fraction of sp³-hybridized carbons (Fsp3) is 0.391. The van der Waals surface area contributed by atoms with Gasteiger partial charge in [0.05, 0.1) is 11.1 Å². The molecule has 8 amide bonds. The van der Waals surface area contributed by atoms with Crippen molar-refractivity contribution in [3.8, 4) is 0 Å². The zero-order valence-electron chi connectivity index (χ0n) is 37.2. The summed E-state index contributed by atoms with van der Waals surface area (Å²) in [5.41, 5.74) is 4.10. The number of aryl methyl sites for hydroxylation is 6. The maximum absolute atomic E-state index is 14.9. The lowest BCUT2D eigenvalue weighted by Crippen LogP contribution is -2.49. The number of hydrogen-bond acceptors (Lipinski definition) is 10. The number of nitrogens with zero attached hydrogens (tertiary/aromatic N) is 6. The Labute approximate surface area is 369 Å². The first-order chi connectivity index (χ1) is 30.2. The molecule has 64 heavy (non-hydrogen) atoms. The van der Waals surface area contributed by atoms with Crippen LogP contribution in [0.3, 0.4) is 0 Å². The molecule has 4 aliphatic rings. The number of rotatable bonds is 6. The topological polar surface area (TPSA) is 189 Å². The number of urea groups is 2. The number of halogens is 2. The van der Waals surface area contributed by atoms with Gasteiger partial charge in [-0.3, -0.25) is 29.8 Å². The van der Waals surface area contributed by atoms with Gasteiger partial charge in [-0.15, -0.1) is 0 Å². The van der Waals surface area contributed by atoms with E-state index in [9.17, 15) is 37.5 Å². The first-order valence-electron chi connectivity index (χ1n) is 21.1. The number of benzene rings is 2. The first kappa shape index (κ1) is 45.1. The molecular formula is C46H52F2N10O6.